The average Bonchev–Trinajstić information content (AvgIpc) is 2.19. The number of carbonyl (C=O) groups is 1. The molecule has 1 aliphatic heterocycles. The van der Waals surface area contributed by atoms with E-state index in [9.17, 15) is 4.79 Å². The highest BCUT2D eigenvalue weighted by molar-refractivity contribution is 5.95. The first-order valence-corrected chi connectivity index (χ1v) is 5.01. The van der Waals surface area contributed by atoms with Crippen LogP contribution in [0.2, 0.25) is 0 Å². The van der Waals surface area contributed by atoms with Crippen LogP contribution >= 0.6 is 0 Å². The number of rotatable bonds is 1. The number of hydrogen-bond acceptors (Lipinski definition) is 3. The Bertz CT molecular complexity index is 413. The summed E-state index contributed by atoms with van der Waals surface area (Å²) in [6.07, 6.45) is 1.82. The molecule has 1 aliphatic rings. The molecule has 0 fully saturated rings. The molecule has 15 heavy (non-hydrogen) atoms. The van der Waals surface area contributed by atoms with Gasteiger partial charge in [0.2, 0.25) is 5.88 Å². The van der Waals surface area contributed by atoms with Gasteiger partial charge in [-0.25, -0.2) is 4.98 Å². The van der Waals surface area contributed by atoms with Crippen molar-refractivity contribution < 1.29 is 9.53 Å². The second-order valence-electron chi connectivity index (χ2n) is 4.01. The highest BCUT2D eigenvalue weighted by Gasteiger charge is 2.21. The van der Waals surface area contributed by atoms with Crippen LogP contribution in [-0.2, 0) is 4.79 Å². The highest BCUT2D eigenvalue weighted by atomic mass is 16.5. The zero-order chi connectivity index (χ0) is 11.0. The standard InChI is InChI=1S/C11H14N2O2/c1-6(2)8-4-12-11-10(7(8)3)13-9(14)5-15-11/h4,6H,5H2,1-3H3,(H,13,14). The summed E-state index contributed by atoms with van der Waals surface area (Å²) < 4.78 is 5.23. The van der Waals surface area contributed by atoms with Crippen molar-refractivity contribution >= 4 is 11.6 Å². The molecule has 2 rings (SSSR count). The fourth-order valence-corrected chi connectivity index (χ4v) is 1.74. The molecule has 1 aromatic rings. The number of ether oxygens (including phenoxy) is 1. The molecular weight excluding hydrogens is 192 g/mol. The minimum atomic E-state index is -0.117. The van der Waals surface area contributed by atoms with Gasteiger partial charge in [0.25, 0.3) is 5.91 Å². The third kappa shape index (κ3) is 1.67. The van der Waals surface area contributed by atoms with Gasteiger partial charge in [-0.3, -0.25) is 4.79 Å². The van der Waals surface area contributed by atoms with Crippen LogP contribution in [0.3, 0.4) is 0 Å². The zero-order valence-corrected chi connectivity index (χ0v) is 9.13. The fraction of sp³-hybridized carbons (Fsp3) is 0.455. The molecule has 2 heterocycles. The summed E-state index contributed by atoms with van der Waals surface area (Å²) in [5.41, 5.74) is 2.90. The van der Waals surface area contributed by atoms with Crippen molar-refractivity contribution in [1.82, 2.24) is 4.98 Å². The number of amides is 1. The molecule has 1 N–H and O–H groups in total. The molecule has 4 nitrogen and oxygen atoms in total. The molecule has 0 unspecified atom stereocenters. The van der Waals surface area contributed by atoms with Gasteiger partial charge in [-0.15, -0.1) is 0 Å². The van der Waals surface area contributed by atoms with E-state index < -0.39 is 0 Å². The van der Waals surface area contributed by atoms with Crippen LogP contribution < -0.4 is 10.1 Å². The Hall–Kier alpha value is -1.58. The fourth-order valence-electron chi connectivity index (χ4n) is 1.74. The van der Waals surface area contributed by atoms with Crippen LogP contribution in [0, 0.1) is 6.92 Å². The summed E-state index contributed by atoms with van der Waals surface area (Å²) in [4.78, 5) is 15.4. The quantitative estimate of drug-likeness (QED) is 0.762. The Labute approximate surface area is 88.7 Å². The number of nitrogens with one attached hydrogen (secondary N) is 1. The molecular formula is C11H14N2O2. The number of anilines is 1. The average molecular weight is 206 g/mol. The molecule has 80 valence electrons. The lowest BCUT2D eigenvalue weighted by molar-refractivity contribution is -0.118. The number of fused-ring (bicyclic) bond motifs is 1. The molecule has 0 aromatic carbocycles. The van der Waals surface area contributed by atoms with Crippen LogP contribution in [0.25, 0.3) is 0 Å². The van der Waals surface area contributed by atoms with Crippen molar-refractivity contribution in [2.75, 3.05) is 11.9 Å². The van der Waals surface area contributed by atoms with Crippen LogP contribution in [0.4, 0.5) is 5.69 Å². The van der Waals surface area contributed by atoms with E-state index >= 15 is 0 Å². The number of pyridine rings is 1. The Morgan fingerprint density at radius 2 is 2.27 bits per heavy atom. The molecule has 0 radical (unpaired) electrons. The molecule has 0 atom stereocenters. The lowest BCUT2D eigenvalue weighted by Gasteiger charge is -2.21. The summed E-state index contributed by atoms with van der Waals surface area (Å²) in [6, 6.07) is 0. The van der Waals surface area contributed by atoms with Gasteiger partial charge in [-0.2, -0.15) is 0 Å². The predicted molar refractivity (Wildman–Crippen MR) is 57.2 cm³/mol. The minimum absolute atomic E-state index is 0.0560. The third-order valence-electron chi connectivity index (χ3n) is 2.57. The molecule has 1 aromatic heterocycles. The molecule has 0 spiro atoms. The molecule has 4 heteroatoms. The molecule has 0 saturated heterocycles. The van der Waals surface area contributed by atoms with Gasteiger partial charge in [0, 0.05) is 6.20 Å². The van der Waals surface area contributed by atoms with Gasteiger partial charge in [0.1, 0.15) is 5.69 Å². The Morgan fingerprint density at radius 3 is 2.93 bits per heavy atom. The smallest absolute Gasteiger partial charge is 0.262 e. The Morgan fingerprint density at radius 1 is 1.53 bits per heavy atom. The van der Waals surface area contributed by atoms with Gasteiger partial charge in [0.05, 0.1) is 0 Å². The lowest BCUT2D eigenvalue weighted by atomic mass is 9.99. The van der Waals surface area contributed by atoms with Crippen LogP contribution in [0.1, 0.15) is 30.9 Å². The summed E-state index contributed by atoms with van der Waals surface area (Å²) >= 11 is 0. The number of nitrogens with zero attached hydrogens (tertiary/aromatic N) is 1. The maximum absolute atomic E-state index is 11.2. The maximum Gasteiger partial charge on any atom is 0.262 e. The van der Waals surface area contributed by atoms with E-state index in [1.54, 1.807) is 0 Å². The van der Waals surface area contributed by atoms with E-state index in [1.165, 1.54) is 0 Å². The summed E-state index contributed by atoms with van der Waals surface area (Å²) in [7, 11) is 0. The van der Waals surface area contributed by atoms with E-state index in [4.69, 9.17) is 4.74 Å². The van der Waals surface area contributed by atoms with Crippen molar-refractivity contribution in [3.63, 3.8) is 0 Å². The molecule has 0 bridgehead atoms. The van der Waals surface area contributed by atoms with Gasteiger partial charge >= 0.3 is 0 Å². The second-order valence-corrected chi connectivity index (χ2v) is 4.01. The first-order chi connectivity index (χ1) is 7.09. The molecule has 0 aliphatic carbocycles. The Balaban J connectivity index is 2.51. The van der Waals surface area contributed by atoms with E-state index in [0.717, 1.165) is 16.8 Å². The number of carbonyl (C=O) groups excluding carboxylic acids is 1. The summed E-state index contributed by atoms with van der Waals surface area (Å²) in [6.45, 7) is 6.23. The van der Waals surface area contributed by atoms with Gasteiger partial charge in [-0.1, -0.05) is 13.8 Å². The largest absolute Gasteiger partial charge is 0.466 e. The highest BCUT2D eigenvalue weighted by Crippen LogP contribution is 2.33. The minimum Gasteiger partial charge on any atom is -0.466 e. The van der Waals surface area contributed by atoms with Crippen molar-refractivity contribution in [2.24, 2.45) is 0 Å². The van der Waals surface area contributed by atoms with E-state index in [1.807, 2.05) is 13.1 Å². The first-order valence-electron chi connectivity index (χ1n) is 5.01. The summed E-state index contributed by atoms with van der Waals surface area (Å²) in [5, 5.41) is 2.80. The van der Waals surface area contributed by atoms with Crippen molar-refractivity contribution in [2.45, 2.75) is 26.7 Å². The second kappa shape index (κ2) is 3.53. The van der Waals surface area contributed by atoms with Crippen molar-refractivity contribution in [1.29, 1.82) is 0 Å². The van der Waals surface area contributed by atoms with Crippen LogP contribution in [-0.4, -0.2) is 17.5 Å². The van der Waals surface area contributed by atoms with E-state index in [-0.39, 0.29) is 12.5 Å². The van der Waals surface area contributed by atoms with Crippen LogP contribution in [0.15, 0.2) is 6.20 Å². The SMILES string of the molecule is Cc1c(C(C)C)cnc2c1NC(=O)CO2. The summed E-state index contributed by atoms with van der Waals surface area (Å²) in [5.74, 6) is 0.798. The van der Waals surface area contributed by atoms with Crippen LogP contribution in [0.5, 0.6) is 5.88 Å². The molecule has 1 amide bonds. The number of hydrogen-bond donors (Lipinski definition) is 1. The maximum atomic E-state index is 11.2. The topological polar surface area (TPSA) is 51.2 Å². The first kappa shape index (κ1) is 9.96. The molecule has 0 saturated carbocycles. The normalized spacial score (nSPS) is 14.5. The van der Waals surface area contributed by atoms with Gasteiger partial charge in [0.15, 0.2) is 6.61 Å². The number of aromatic nitrogens is 1. The van der Waals surface area contributed by atoms with E-state index in [0.29, 0.717) is 11.8 Å². The van der Waals surface area contributed by atoms with Crippen molar-refractivity contribution in [3.05, 3.63) is 17.3 Å². The lowest BCUT2D eigenvalue weighted by Crippen LogP contribution is -2.27. The van der Waals surface area contributed by atoms with E-state index in [2.05, 4.69) is 24.1 Å². The van der Waals surface area contributed by atoms with Gasteiger partial charge < -0.3 is 10.1 Å². The van der Waals surface area contributed by atoms with Crippen molar-refractivity contribution in [3.8, 4) is 5.88 Å². The monoisotopic (exact) mass is 206 g/mol. The zero-order valence-electron chi connectivity index (χ0n) is 9.13. The van der Waals surface area contributed by atoms with Gasteiger partial charge in [-0.05, 0) is 24.0 Å². The Kier molecular flexibility index (Phi) is 2.34. The predicted octanol–water partition coefficient (Wildman–Crippen LogP) is 1.84. The third-order valence-corrected chi connectivity index (χ3v) is 2.57.